The zero-order chi connectivity index (χ0) is 26.9. The van der Waals surface area contributed by atoms with Crippen LogP contribution in [0.4, 0.5) is 5.69 Å². The molecule has 7 aromatic rings. The van der Waals surface area contributed by atoms with Gasteiger partial charge in [-0.15, -0.1) is 0 Å². The fourth-order valence-electron chi connectivity index (χ4n) is 4.82. The molecule has 0 aliphatic carbocycles. The van der Waals surface area contributed by atoms with Crippen LogP contribution in [-0.2, 0) is 11.2 Å². The lowest BCUT2D eigenvalue weighted by Gasteiger charge is -2.07. The SMILES string of the molecule is O=C(Cc1ccccc1)Nc1cncc(-c2cc3c(-c4cc5c(-c6ccccn6)cncc5[nH]4)n[nH]c3cn2)c1. The number of aromatic nitrogens is 7. The highest BCUT2D eigenvalue weighted by Gasteiger charge is 2.16. The van der Waals surface area contributed by atoms with E-state index in [1.807, 2.05) is 66.9 Å². The molecule has 9 nitrogen and oxygen atoms in total. The first-order chi connectivity index (χ1) is 19.7. The Labute approximate surface area is 228 Å². The van der Waals surface area contributed by atoms with E-state index in [-0.39, 0.29) is 12.3 Å². The molecule has 0 unspecified atom stereocenters. The van der Waals surface area contributed by atoms with Crippen LogP contribution < -0.4 is 5.32 Å². The van der Waals surface area contributed by atoms with Gasteiger partial charge in [-0.1, -0.05) is 36.4 Å². The second-order valence-corrected chi connectivity index (χ2v) is 9.41. The molecule has 1 amide bonds. The van der Waals surface area contributed by atoms with E-state index in [0.717, 1.165) is 55.6 Å². The third kappa shape index (κ3) is 4.45. The van der Waals surface area contributed by atoms with Crippen molar-refractivity contribution in [1.29, 1.82) is 0 Å². The summed E-state index contributed by atoms with van der Waals surface area (Å²) in [7, 11) is 0. The van der Waals surface area contributed by atoms with Crippen LogP contribution in [-0.4, -0.2) is 41.0 Å². The Balaban J connectivity index is 1.21. The standard InChI is InChI=1S/C31H22N8O/c40-30(10-19-6-2-1-3-7-19)36-21-11-20(14-32-15-21)26-13-23-29(18-35-26)38-39-31(23)27-12-22-24(16-33-17-28(22)37-27)25-8-4-5-9-34-25/h1-9,11-18,37H,10H2,(H,36,40)(H,38,39). The van der Waals surface area contributed by atoms with Crippen molar-refractivity contribution in [2.45, 2.75) is 6.42 Å². The van der Waals surface area contributed by atoms with E-state index in [0.29, 0.717) is 11.4 Å². The molecule has 0 fully saturated rings. The minimum atomic E-state index is -0.107. The first-order valence-corrected chi connectivity index (χ1v) is 12.7. The van der Waals surface area contributed by atoms with Crippen LogP contribution in [0.1, 0.15) is 5.56 Å². The van der Waals surface area contributed by atoms with E-state index in [1.54, 1.807) is 31.0 Å². The van der Waals surface area contributed by atoms with E-state index < -0.39 is 0 Å². The molecule has 7 rings (SSSR count). The predicted molar refractivity (Wildman–Crippen MR) is 154 cm³/mol. The van der Waals surface area contributed by atoms with Crippen molar-refractivity contribution in [3.63, 3.8) is 0 Å². The molecule has 0 aliphatic heterocycles. The van der Waals surface area contributed by atoms with Gasteiger partial charge in [0.1, 0.15) is 5.69 Å². The van der Waals surface area contributed by atoms with Gasteiger partial charge in [0.2, 0.25) is 5.91 Å². The summed E-state index contributed by atoms with van der Waals surface area (Å²) in [6.45, 7) is 0. The third-order valence-corrected chi connectivity index (χ3v) is 6.71. The number of pyridine rings is 4. The predicted octanol–water partition coefficient (Wildman–Crippen LogP) is 5.81. The number of aromatic amines is 2. The fourth-order valence-corrected chi connectivity index (χ4v) is 4.82. The van der Waals surface area contributed by atoms with Crippen molar-refractivity contribution in [2.75, 3.05) is 5.32 Å². The van der Waals surface area contributed by atoms with Gasteiger partial charge in [-0.2, -0.15) is 5.10 Å². The van der Waals surface area contributed by atoms with Gasteiger partial charge in [0.15, 0.2) is 0 Å². The molecule has 3 N–H and O–H groups in total. The molecule has 0 bridgehead atoms. The summed E-state index contributed by atoms with van der Waals surface area (Å²) in [6, 6.07) is 21.4. The monoisotopic (exact) mass is 522 g/mol. The van der Waals surface area contributed by atoms with Crippen LogP contribution in [0.15, 0.2) is 104 Å². The van der Waals surface area contributed by atoms with Crippen molar-refractivity contribution < 1.29 is 4.79 Å². The number of hydrogen-bond acceptors (Lipinski definition) is 6. The maximum Gasteiger partial charge on any atom is 0.228 e. The second kappa shape index (κ2) is 9.88. The van der Waals surface area contributed by atoms with Gasteiger partial charge in [-0.05, 0) is 35.9 Å². The van der Waals surface area contributed by atoms with Crippen LogP contribution in [0.5, 0.6) is 0 Å². The molecule has 192 valence electrons. The second-order valence-electron chi connectivity index (χ2n) is 9.41. The number of H-pyrrole nitrogens is 2. The van der Waals surface area contributed by atoms with Crippen molar-refractivity contribution >= 4 is 33.4 Å². The van der Waals surface area contributed by atoms with Crippen molar-refractivity contribution in [2.24, 2.45) is 0 Å². The first-order valence-electron chi connectivity index (χ1n) is 12.7. The molecular formula is C31H22N8O. The zero-order valence-electron chi connectivity index (χ0n) is 21.2. The number of hydrogen-bond donors (Lipinski definition) is 3. The summed E-state index contributed by atoms with van der Waals surface area (Å²) < 4.78 is 0. The van der Waals surface area contributed by atoms with Gasteiger partial charge in [0.25, 0.3) is 0 Å². The summed E-state index contributed by atoms with van der Waals surface area (Å²) in [4.78, 5) is 33.9. The molecule has 0 atom stereocenters. The Morgan fingerprint density at radius 3 is 2.52 bits per heavy atom. The molecule has 6 aromatic heterocycles. The average molecular weight is 523 g/mol. The van der Waals surface area contributed by atoms with Gasteiger partial charge < -0.3 is 10.3 Å². The summed E-state index contributed by atoms with van der Waals surface area (Å²) in [5, 5.41) is 12.5. The van der Waals surface area contributed by atoms with E-state index in [1.165, 1.54) is 0 Å². The molecule has 1 aromatic carbocycles. The van der Waals surface area contributed by atoms with E-state index in [4.69, 9.17) is 0 Å². The lowest BCUT2D eigenvalue weighted by Crippen LogP contribution is -2.14. The van der Waals surface area contributed by atoms with Crippen LogP contribution in [0, 0.1) is 0 Å². The van der Waals surface area contributed by atoms with Crippen molar-refractivity contribution in [3.05, 3.63) is 109 Å². The molecule has 0 saturated heterocycles. The number of rotatable bonds is 6. The Hall–Kier alpha value is -5.70. The number of fused-ring (bicyclic) bond motifs is 2. The number of anilines is 1. The summed E-state index contributed by atoms with van der Waals surface area (Å²) in [5.41, 5.74) is 8.17. The Morgan fingerprint density at radius 1 is 0.775 bits per heavy atom. The number of carbonyl (C=O) groups is 1. The number of amides is 1. The van der Waals surface area contributed by atoms with Crippen molar-refractivity contribution in [1.82, 2.24) is 35.1 Å². The van der Waals surface area contributed by atoms with E-state index >= 15 is 0 Å². The fraction of sp³-hybridized carbons (Fsp3) is 0.0323. The van der Waals surface area contributed by atoms with Gasteiger partial charge in [0, 0.05) is 40.5 Å². The summed E-state index contributed by atoms with van der Waals surface area (Å²) >= 11 is 0. The highest BCUT2D eigenvalue weighted by Crippen LogP contribution is 2.34. The Kier molecular flexibility index (Phi) is 5.78. The third-order valence-electron chi connectivity index (χ3n) is 6.71. The minimum absolute atomic E-state index is 0.107. The molecule has 0 spiro atoms. The lowest BCUT2D eigenvalue weighted by atomic mass is 10.1. The molecular weight excluding hydrogens is 500 g/mol. The number of nitrogens with zero attached hydrogens (tertiary/aromatic N) is 5. The smallest absolute Gasteiger partial charge is 0.228 e. The van der Waals surface area contributed by atoms with Gasteiger partial charge in [-0.25, -0.2) is 0 Å². The first kappa shape index (κ1) is 23.4. The van der Waals surface area contributed by atoms with E-state index in [2.05, 4.69) is 46.5 Å². The molecule has 6 heterocycles. The highest BCUT2D eigenvalue weighted by molar-refractivity contribution is 6.00. The average Bonchev–Trinajstić information content (AvgIpc) is 3.62. The van der Waals surface area contributed by atoms with Crippen LogP contribution >= 0.6 is 0 Å². The van der Waals surface area contributed by atoms with Crippen molar-refractivity contribution in [3.8, 4) is 33.9 Å². The Bertz CT molecular complexity index is 1980. The summed E-state index contributed by atoms with van der Waals surface area (Å²) in [5.74, 6) is -0.107. The maximum atomic E-state index is 12.6. The van der Waals surface area contributed by atoms with E-state index in [9.17, 15) is 4.79 Å². The summed E-state index contributed by atoms with van der Waals surface area (Å²) in [6.07, 6.45) is 10.8. The van der Waals surface area contributed by atoms with Crippen LogP contribution in [0.3, 0.4) is 0 Å². The molecule has 0 saturated carbocycles. The molecule has 40 heavy (non-hydrogen) atoms. The number of carbonyl (C=O) groups excluding carboxylic acids is 1. The number of nitrogens with one attached hydrogen (secondary N) is 3. The van der Waals surface area contributed by atoms with Gasteiger partial charge in [-0.3, -0.25) is 29.8 Å². The van der Waals surface area contributed by atoms with Gasteiger partial charge >= 0.3 is 0 Å². The number of benzene rings is 1. The minimum Gasteiger partial charge on any atom is -0.352 e. The topological polar surface area (TPSA) is 125 Å². The molecule has 0 radical (unpaired) electrons. The zero-order valence-corrected chi connectivity index (χ0v) is 21.2. The normalized spacial score (nSPS) is 11.2. The maximum absolute atomic E-state index is 12.6. The largest absolute Gasteiger partial charge is 0.352 e. The Morgan fingerprint density at radius 2 is 1.65 bits per heavy atom. The quantitative estimate of drug-likeness (QED) is 0.253. The lowest BCUT2D eigenvalue weighted by molar-refractivity contribution is -0.115. The van der Waals surface area contributed by atoms with Gasteiger partial charge in [0.05, 0.1) is 58.8 Å². The van der Waals surface area contributed by atoms with Crippen LogP contribution in [0.25, 0.3) is 55.7 Å². The van der Waals surface area contributed by atoms with Crippen LogP contribution in [0.2, 0.25) is 0 Å². The highest BCUT2D eigenvalue weighted by atomic mass is 16.1. The molecule has 9 heteroatoms. The molecule has 0 aliphatic rings.